The van der Waals surface area contributed by atoms with Crippen LogP contribution in [0.4, 0.5) is 0 Å². The first-order chi connectivity index (χ1) is 7.25. The highest BCUT2D eigenvalue weighted by atomic mass is 32.1. The van der Waals surface area contributed by atoms with Crippen LogP contribution >= 0.6 is 12.2 Å². The molecule has 0 atom stereocenters. The quantitative estimate of drug-likeness (QED) is 0.783. The first-order valence-corrected chi connectivity index (χ1v) is 5.34. The molecule has 5 nitrogen and oxygen atoms in total. The van der Waals surface area contributed by atoms with Crippen molar-refractivity contribution in [2.24, 2.45) is 7.05 Å². The summed E-state index contributed by atoms with van der Waals surface area (Å²) < 4.78 is 4.31. The summed E-state index contributed by atoms with van der Waals surface area (Å²) in [5.74, 6) is 2.41. The van der Waals surface area contributed by atoms with Gasteiger partial charge in [0, 0.05) is 25.2 Å². The summed E-state index contributed by atoms with van der Waals surface area (Å²) in [6.07, 6.45) is 4.31. The maximum absolute atomic E-state index is 5.21. The van der Waals surface area contributed by atoms with Crippen molar-refractivity contribution in [2.75, 3.05) is 0 Å². The molecule has 2 aromatic heterocycles. The number of rotatable bonds is 2. The fraction of sp³-hybridized carbons (Fsp3) is 0.444. The van der Waals surface area contributed by atoms with E-state index in [4.69, 9.17) is 12.2 Å². The van der Waals surface area contributed by atoms with Crippen LogP contribution in [0.1, 0.15) is 24.6 Å². The summed E-state index contributed by atoms with van der Waals surface area (Å²) in [4.78, 5) is 0. The number of nitrogens with zero attached hydrogens (tertiary/aromatic N) is 4. The molecule has 0 amide bonds. The van der Waals surface area contributed by atoms with E-state index in [1.54, 1.807) is 4.68 Å². The molecule has 2 heterocycles. The van der Waals surface area contributed by atoms with Crippen LogP contribution in [0.5, 0.6) is 0 Å². The predicted octanol–water partition coefficient (Wildman–Crippen LogP) is 1.54. The molecule has 6 heteroatoms. The minimum atomic E-state index is 0.556. The zero-order valence-corrected chi connectivity index (χ0v) is 9.16. The van der Waals surface area contributed by atoms with Crippen LogP contribution in [0.3, 0.4) is 0 Å². The SMILES string of the molecule is Cn1ccc(-n2c(C3CC3)n[nH]c2=S)n1. The average molecular weight is 221 g/mol. The molecule has 78 valence electrons. The molecule has 0 bridgehead atoms. The Morgan fingerprint density at radius 1 is 1.53 bits per heavy atom. The molecule has 0 radical (unpaired) electrons. The van der Waals surface area contributed by atoms with E-state index in [1.807, 2.05) is 23.9 Å². The zero-order valence-electron chi connectivity index (χ0n) is 8.34. The fourth-order valence-electron chi connectivity index (χ4n) is 1.67. The molecule has 0 unspecified atom stereocenters. The molecule has 0 aliphatic heterocycles. The van der Waals surface area contributed by atoms with Gasteiger partial charge in [0.05, 0.1) is 0 Å². The second-order valence-corrected chi connectivity index (χ2v) is 4.23. The largest absolute Gasteiger partial charge is 0.274 e. The molecule has 1 saturated carbocycles. The van der Waals surface area contributed by atoms with Gasteiger partial charge in [0.15, 0.2) is 5.82 Å². The van der Waals surface area contributed by atoms with Gasteiger partial charge < -0.3 is 0 Å². The Balaban J connectivity index is 2.17. The standard InChI is InChI=1S/C9H11N5S/c1-13-5-4-7(12-13)14-8(6-2-3-6)10-11-9(14)15/h4-6H,2-3H2,1H3,(H,11,15). The number of aromatic amines is 1. The smallest absolute Gasteiger partial charge is 0.201 e. The van der Waals surface area contributed by atoms with Crippen LogP contribution in [0, 0.1) is 4.77 Å². The lowest BCUT2D eigenvalue weighted by molar-refractivity contribution is 0.739. The molecule has 1 aliphatic carbocycles. The van der Waals surface area contributed by atoms with Gasteiger partial charge in [0.25, 0.3) is 0 Å². The van der Waals surface area contributed by atoms with Gasteiger partial charge in [-0.15, -0.1) is 0 Å². The van der Waals surface area contributed by atoms with E-state index >= 15 is 0 Å². The van der Waals surface area contributed by atoms with Gasteiger partial charge in [-0.3, -0.25) is 14.3 Å². The van der Waals surface area contributed by atoms with Crippen molar-refractivity contribution in [2.45, 2.75) is 18.8 Å². The highest BCUT2D eigenvalue weighted by molar-refractivity contribution is 7.71. The van der Waals surface area contributed by atoms with Crippen molar-refractivity contribution in [1.29, 1.82) is 0 Å². The maximum Gasteiger partial charge on any atom is 0.201 e. The lowest BCUT2D eigenvalue weighted by Crippen LogP contribution is -2.01. The second kappa shape index (κ2) is 3.03. The van der Waals surface area contributed by atoms with Crippen molar-refractivity contribution in [3.63, 3.8) is 0 Å². The minimum Gasteiger partial charge on any atom is -0.274 e. The van der Waals surface area contributed by atoms with E-state index in [0.29, 0.717) is 10.7 Å². The first-order valence-electron chi connectivity index (χ1n) is 4.93. The molecule has 1 N–H and O–H groups in total. The number of hydrogen-bond donors (Lipinski definition) is 1. The van der Waals surface area contributed by atoms with Gasteiger partial charge in [-0.1, -0.05) is 0 Å². The van der Waals surface area contributed by atoms with Gasteiger partial charge >= 0.3 is 0 Å². The van der Waals surface area contributed by atoms with Crippen LogP contribution in [-0.2, 0) is 7.05 Å². The third kappa shape index (κ3) is 1.41. The highest BCUT2D eigenvalue weighted by Gasteiger charge is 2.29. The average Bonchev–Trinajstić information content (AvgIpc) is 2.86. The van der Waals surface area contributed by atoms with Gasteiger partial charge in [-0.25, -0.2) is 0 Å². The molecule has 1 fully saturated rings. The maximum atomic E-state index is 5.21. The normalized spacial score (nSPS) is 15.8. The van der Waals surface area contributed by atoms with Crippen LogP contribution in [0.15, 0.2) is 12.3 Å². The lowest BCUT2D eigenvalue weighted by atomic mass is 10.4. The fourth-order valence-corrected chi connectivity index (χ4v) is 1.90. The lowest BCUT2D eigenvalue weighted by Gasteiger charge is -2.00. The van der Waals surface area contributed by atoms with Crippen molar-refractivity contribution in [3.05, 3.63) is 22.9 Å². The third-order valence-corrected chi connectivity index (χ3v) is 2.84. The first kappa shape index (κ1) is 8.84. The van der Waals surface area contributed by atoms with Crippen molar-refractivity contribution < 1.29 is 0 Å². The van der Waals surface area contributed by atoms with Crippen LogP contribution in [0.2, 0.25) is 0 Å². The Bertz CT molecular complexity index is 545. The van der Waals surface area contributed by atoms with E-state index in [1.165, 1.54) is 12.8 Å². The number of H-pyrrole nitrogens is 1. The van der Waals surface area contributed by atoms with Crippen LogP contribution < -0.4 is 0 Å². The number of nitrogens with one attached hydrogen (secondary N) is 1. The van der Waals surface area contributed by atoms with Crippen molar-refractivity contribution in [3.8, 4) is 5.82 Å². The van der Waals surface area contributed by atoms with Crippen LogP contribution in [0.25, 0.3) is 5.82 Å². The summed E-state index contributed by atoms with van der Waals surface area (Å²) in [6, 6.07) is 1.94. The Kier molecular flexibility index (Phi) is 1.79. The number of aromatic nitrogens is 5. The second-order valence-electron chi connectivity index (χ2n) is 3.84. The molecular weight excluding hydrogens is 210 g/mol. The molecule has 0 spiro atoms. The van der Waals surface area contributed by atoms with E-state index in [9.17, 15) is 0 Å². The van der Waals surface area contributed by atoms with Crippen molar-refractivity contribution >= 4 is 12.2 Å². The topological polar surface area (TPSA) is 51.4 Å². The van der Waals surface area contributed by atoms with Gasteiger partial charge in [-0.05, 0) is 25.1 Å². The number of aryl methyl sites for hydroxylation is 1. The Hall–Kier alpha value is -1.43. The zero-order chi connectivity index (χ0) is 10.4. The van der Waals surface area contributed by atoms with E-state index in [0.717, 1.165) is 11.6 Å². The molecule has 0 saturated heterocycles. The third-order valence-electron chi connectivity index (χ3n) is 2.57. The number of hydrogen-bond acceptors (Lipinski definition) is 3. The van der Waals surface area contributed by atoms with E-state index in [-0.39, 0.29) is 0 Å². The van der Waals surface area contributed by atoms with Crippen molar-refractivity contribution in [1.82, 2.24) is 24.5 Å². The molecule has 15 heavy (non-hydrogen) atoms. The highest BCUT2D eigenvalue weighted by Crippen LogP contribution is 2.39. The molecule has 2 aromatic rings. The molecular formula is C9H11N5S. The van der Waals surface area contributed by atoms with Gasteiger partial charge in [0.1, 0.15) is 5.82 Å². The molecule has 1 aliphatic rings. The molecule has 0 aromatic carbocycles. The summed E-state index contributed by atoms with van der Waals surface area (Å²) >= 11 is 5.21. The van der Waals surface area contributed by atoms with E-state index < -0.39 is 0 Å². The summed E-state index contributed by atoms with van der Waals surface area (Å²) in [6.45, 7) is 0. The Morgan fingerprint density at radius 2 is 2.33 bits per heavy atom. The minimum absolute atomic E-state index is 0.556. The Morgan fingerprint density at radius 3 is 2.93 bits per heavy atom. The molecule has 3 rings (SSSR count). The monoisotopic (exact) mass is 221 g/mol. The predicted molar refractivity (Wildman–Crippen MR) is 57.5 cm³/mol. The summed E-state index contributed by atoms with van der Waals surface area (Å²) in [5.41, 5.74) is 0. The van der Waals surface area contributed by atoms with Crippen LogP contribution in [-0.4, -0.2) is 24.5 Å². The van der Waals surface area contributed by atoms with Gasteiger partial charge in [0.2, 0.25) is 4.77 Å². The Labute approximate surface area is 91.7 Å². The van der Waals surface area contributed by atoms with Gasteiger partial charge in [-0.2, -0.15) is 10.2 Å². The van der Waals surface area contributed by atoms with E-state index in [2.05, 4.69) is 15.3 Å². The summed E-state index contributed by atoms with van der Waals surface area (Å²) in [7, 11) is 1.89. The summed E-state index contributed by atoms with van der Waals surface area (Å²) in [5, 5.41) is 11.4.